The van der Waals surface area contributed by atoms with Crippen molar-refractivity contribution in [3.8, 4) is 0 Å². The predicted molar refractivity (Wildman–Crippen MR) is 76.2 cm³/mol. The molecular formula is C12H19FN2O5Sn. The minimum atomic E-state index is -2.80. The van der Waals surface area contributed by atoms with Crippen LogP contribution >= 0.6 is 0 Å². The molecule has 0 aromatic carbocycles. The number of hydrogen-bond acceptors (Lipinski definition) is 5. The number of nitrogens with one attached hydrogen (secondary N) is 1. The molecule has 7 nitrogen and oxygen atoms in total. The Balaban J connectivity index is 2.50. The predicted octanol–water partition coefficient (Wildman–Crippen LogP) is -1.33. The molecule has 9 heteroatoms. The van der Waals surface area contributed by atoms with E-state index in [-0.39, 0.29) is 0 Å². The molecule has 4 atom stereocenters. The molecule has 2 heterocycles. The van der Waals surface area contributed by atoms with E-state index in [4.69, 9.17) is 9.84 Å². The number of H-pyrrole nitrogens is 1. The van der Waals surface area contributed by atoms with Crippen LogP contribution in [0.25, 0.3) is 0 Å². The van der Waals surface area contributed by atoms with Crippen LogP contribution in [0.5, 0.6) is 0 Å². The molecule has 1 fully saturated rings. The van der Waals surface area contributed by atoms with Crippen molar-refractivity contribution < 1.29 is 19.3 Å². The fourth-order valence-electron chi connectivity index (χ4n) is 2.29. The molecule has 1 aliphatic rings. The average molecular weight is 409 g/mol. The summed E-state index contributed by atoms with van der Waals surface area (Å²) in [5, 5.41) is 18.7. The number of aromatic amines is 1. The van der Waals surface area contributed by atoms with Crippen LogP contribution in [0.2, 0.25) is 14.8 Å². The van der Waals surface area contributed by atoms with E-state index in [0.29, 0.717) is 3.58 Å². The SMILES string of the molecule is [CH3][Sn]([CH3])([CH3])[c]1cn([C@@H]2O[C@H](CO)[C@@H](O)[C@H]2F)c(=O)[nH]c1=O. The maximum absolute atomic E-state index is 14.1. The fraction of sp³-hybridized carbons (Fsp3) is 0.667. The zero-order chi connectivity index (χ0) is 15.9. The van der Waals surface area contributed by atoms with E-state index in [1.165, 1.54) is 6.20 Å². The first-order chi connectivity index (χ1) is 9.66. The number of halogens is 1. The number of aliphatic hydroxyl groups is 2. The van der Waals surface area contributed by atoms with Crippen LogP contribution in [0.15, 0.2) is 15.8 Å². The van der Waals surface area contributed by atoms with E-state index in [2.05, 4.69) is 4.98 Å². The average Bonchev–Trinajstić information content (AvgIpc) is 2.65. The Hall–Kier alpha value is -0.711. The van der Waals surface area contributed by atoms with Crippen molar-refractivity contribution in [1.82, 2.24) is 9.55 Å². The monoisotopic (exact) mass is 410 g/mol. The summed E-state index contributed by atoms with van der Waals surface area (Å²) in [5.41, 5.74) is -1.25. The van der Waals surface area contributed by atoms with Gasteiger partial charge in [-0.05, 0) is 0 Å². The molecule has 0 bridgehead atoms. The Bertz CT molecular complexity index is 638. The van der Waals surface area contributed by atoms with Gasteiger partial charge in [-0.2, -0.15) is 0 Å². The molecule has 0 amide bonds. The van der Waals surface area contributed by atoms with Crippen LogP contribution in [0.3, 0.4) is 0 Å². The Labute approximate surface area is 124 Å². The second kappa shape index (κ2) is 5.82. The number of aromatic nitrogens is 2. The van der Waals surface area contributed by atoms with E-state index in [9.17, 15) is 19.1 Å². The summed E-state index contributed by atoms with van der Waals surface area (Å²) >= 11 is -2.80. The number of ether oxygens (including phenoxy) is 1. The molecule has 1 aromatic rings. The van der Waals surface area contributed by atoms with Gasteiger partial charge >= 0.3 is 124 Å². The number of aliphatic hydroxyl groups excluding tert-OH is 2. The summed E-state index contributed by atoms with van der Waals surface area (Å²) in [7, 11) is 0. The summed E-state index contributed by atoms with van der Waals surface area (Å²) in [4.78, 5) is 31.9. The Kier molecular flexibility index (Phi) is 4.62. The van der Waals surface area contributed by atoms with E-state index >= 15 is 0 Å². The van der Waals surface area contributed by atoms with Crippen LogP contribution in [0.4, 0.5) is 4.39 Å². The van der Waals surface area contributed by atoms with Gasteiger partial charge in [0.05, 0.1) is 0 Å². The van der Waals surface area contributed by atoms with Gasteiger partial charge in [0.2, 0.25) is 0 Å². The third-order valence-corrected chi connectivity index (χ3v) is 9.15. The van der Waals surface area contributed by atoms with Crippen molar-refractivity contribution >= 4 is 22.0 Å². The molecule has 1 aromatic heterocycles. The molecule has 0 aliphatic carbocycles. The zero-order valence-corrected chi connectivity index (χ0v) is 14.9. The Morgan fingerprint density at radius 2 is 2.05 bits per heavy atom. The van der Waals surface area contributed by atoms with Crippen LogP contribution in [0.1, 0.15) is 6.23 Å². The third-order valence-electron chi connectivity index (χ3n) is 3.52. The quantitative estimate of drug-likeness (QED) is 0.537. The second-order valence-corrected chi connectivity index (χ2v) is 20.5. The molecule has 0 spiro atoms. The van der Waals surface area contributed by atoms with Gasteiger partial charge in [-0.3, -0.25) is 0 Å². The van der Waals surface area contributed by atoms with Gasteiger partial charge in [0.15, 0.2) is 0 Å². The molecule has 2 rings (SSSR count). The Morgan fingerprint density at radius 3 is 2.52 bits per heavy atom. The van der Waals surface area contributed by atoms with Gasteiger partial charge < -0.3 is 0 Å². The van der Waals surface area contributed by atoms with E-state index in [1.54, 1.807) is 0 Å². The number of alkyl halides is 1. The Morgan fingerprint density at radius 1 is 1.43 bits per heavy atom. The number of rotatable bonds is 3. The van der Waals surface area contributed by atoms with Gasteiger partial charge in [-0.25, -0.2) is 0 Å². The van der Waals surface area contributed by atoms with Crippen LogP contribution in [-0.4, -0.2) is 63.1 Å². The summed E-state index contributed by atoms with van der Waals surface area (Å²) in [6, 6.07) is 0. The molecule has 3 N–H and O–H groups in total. The third kappa shape index (κ3) is 3.08. The van der Waals surface area contributed by atoms with Crippen LogP contribution < -0.4 is 14.8 Å². The molecule has 0 radical (unpaired) electrons. The van der Waals surface area contributed by atoms with Crippen LogP contribution in [0, 0.1) is 0 Å². The van der Waals surface area contributed by atoms with Crippen molar-refractivity contribution in [2.75, 3.05) is 6.61 Å². The molecule has 21 heavy (non-hydrogen) atoms. The minimum absolute atomic E-state index is 0.452. The van der Waals surface area contributed by atoms with Gasteiger partial charge in [0, 0.05) is 0 Å². The first-order valence-corrected chi connectivity index (χ1v) is 16.6. The van der Waals surface area contributed by atoms with E-state index < -0.39 is 60.8 Å². The molecule has 1 saturated heterocycles. The second-order valence-electron chi connectivity index (χ2n) is 6.14. The van der Waals surface area contributed by atoms with Crippen molar-refractivity contribution in [2.45, 2.75) is 39.4 Å². The summed E-state index contributed by atoms with van der Waals surface area (Å²) in [6.07, 6.45) is -4.48. The fourth-order valence-corrected chi connectivity index (χ4v) is 5.91. The van der Waals surface area contributed by atoms with Gasteiger partial charge in [-0.1, -0.05) is 0 Å². The molecule has 0 unspecified atom stereocenters. The van der Waals surface area contributed by atoms with Gasteiger partial charge in [0.1, 0.15) is 0 Å². The van der Waals surface area contributed by atoms with Gasteiger partial charge in [-0.15, -0.1) is 0 Å². The normalized spacial score (nSPS) is 29.8. The topological polar surface area (TPSA) is 105 Å². The van der Waals surface area contributed by atoms with Crippen molar-refractivity contribution in [3.05, 3.63) is 27.0 Å². The standard InChI is InChI=1S/C9H10FN2O5.3CH3.Sn/c10-6-7(15)4(3-13)17-8(6)12-2-1-5(14)11-9(12)16;;;;/h2,4,6-8,13,15H,3H2,(H,11,14,16);3*1H3;/t4-,6-,7-,8-;;;;/m1..../s1. The molecule has 118 valence electrons. The van der Waals surface area contributed by atoms with Crippen LogP contribution in [-0.2, 0) is 4.74 Å². The summed E-state index contributed by atoms with van der Waals surface area (Å²) in [6.45, 7) is -0.554. The zero-order valence-electron chi connectivity index (χ0n) is 12.0. The molecule has 0 saturated carbocycles. The maximum atomic E-state index is 14.1. The number of nitrogens with zero attached hydrogens (tertiary/aromatic N) is 1. The molecular weight excluding hydrogens is 390 g/mol. The van der Waals surface area contributed by atoms with Crippen molar-refractivity contribution in [1.29, 1.82) is 0 Å². The first-order valence-electron chi connectivity index (χ1n) is 6.61. The summed E-state index contributed by atoms with van der Waals surface area (Å²) < 4.78 is 20.8. The summed E-state index contributed by atoms with van der Waals surface area (Å²) in [5.74, 6) is 0. The van der Waals surface area contributed by atoms with E-state index in [0.717, 1.165) is 4.57 Å². The van der Waals surface area contributed by atoms with Gasteiger partial charge in [0.25, 0.3) is 0 Å². The molecule has 1 aliphatic heterocycles. The first kappa shape index (κ1) is 16.7. The number of hydrogen-bond donors (Lipinski definition) is 3. The van der Waals surface area contributed by atoms with Crippen molar-refractivity contribution in [2.24, 2.45) is 0 Å². The van der Waals surface area contributed by atoms with E-state index in [1.807, 2.05) is 14.8 Å². The van der Waals surface area contributed by atoms with Crippen molar-refractivity contribution in [3.63, 3.8) is 0 Å².